The molecule has 0 unspecified atom stereocenters. The summed E-state index contributed by atoms with van der Waals surface area (Å²) in [6.45, 7) is 4.47. The molecule has 0 aliphatic heterocycles. The SMILES string of the molecule is CCNc1ncc(S(=O)(=O)NCc2ncc(CC)o2)cn1. The normalized spacial score (nSPS) is 11.5. The molecule has 21 heavy (non-hydrogen) atoms. The van der Waals surface area contributed by atoms with Gasteiger partial charge in [0.2, 0.25) is 21.9 Å². The molecule has 2 heterocycles. The van der Waals surface area contributed by atoms with Crippen molar-refractivity contribution in [3.05, 3.63) is 30.2 Å². The van der Waals surface area contributed by atoms with E-state index in [1.54, 1.807) is 6.20 Å². The second kappa shape index (κ2) is 6.64. The number of sulfonamides is 1. The lowest BCUT2D eigenvalue weighted by Gasteiger charge is -2.05. The quantitative estimate of drug-likeness (QED) is 0.782. The van der Waals surface area contributed by atoms with E-state index in [0.717, 1.165) is 0 Å². The van der Waals surface area contributed by atoms with Gasteiger partial charge in [-0.15, -0.1) is 0 Å². The lowest BCUT2D eigenvalue weighted by Crippen LogP contribution is -2.23. The first-order valence-electron chi connectivity index (χ1n) is 6.54. The minimum atomic E-state index is -3.69. The van der Waals surface area contributed by atoms with Crippen molar-refractivity contribution in [2.45, 2.75) is 31.7 Å². The molecule has 2 aromatic rings. The Hall–Kier alpha value is -2.00. The Morgan fingerprint density at radius 2 is 1.86 bits per heavy atom. The molecule has 0 saturated carbocycles. The number of nitrogens with one attached hydrogen (secondary N) is 2. The predicted octanol–water partition coefficient (Wildman–Crippen LogP) is 0.937. The summed E-state index contributed by atoms with van der Waals surface area (Å²) in [6.07, 6.45) is 4.79. The lowest BCUT2D eigenvalue weighted by molar-refractivity contribution is 0.452. The summed E-state index contributed by atoms with van der Waals surface area (Å²) in [5.41, 5.74) is 0. The van der Waals surface area contributed by atoms with Gasteiger partial charge >= 0.3 is 0 Å². The molecule has 2 N–H and O–H groups in total. The number of nitrogens with zero attached hydrogens (tertiary/aromatic N) is 3. The number of hydrogen-bond acceptors (Lipinski definition) is 7. The van der Waals surface area contributed by atoms with Crippen molar-refractivity contribution in [1.29, 1.82) is 0 Å². The van der Waals surface area contributed by atoms with Crippen LogP contribution in [-0.4, -0.2) is 29.9 Å². The predicted molar refractivity (Wildman–Crippen MR) is 76.1 cm³/mol. The van der Waals surface area contributed by atoms with E-state index < -0.39 is 10.0 Å². The molecule has 0 saturated heterocycles. The van der Waals surface area contributed by atoms with E-state index in [1.807, 2.05) is 13.8 Å². The summed E-state index contributed by atoms with van der Waals surface area (Å²) in [6, 6.07) is 0. The first-order chi connectivity index (χ1) is 10.0. The summed E-state index contributed by atoms with van der Waals surface area (Å²) < 4.78 is 31.9. The maximum atomic E-state index is 12.1. The Morgan fingerprint density at radius 1 is 1.14 bits per heavy atom. The van der Waals surface area contributed by atoms with Crippen molar-refractivity contribution in [3.63, 3.8) is 0 Å². The summed E-state index contributed by atoms with van der Waals surface area (Å²) >= 11 is 0. The molecular weight excluding hydrogens is 294 g/mol. The molecular formula is C12H17N5O3S. The fourth-order valence-electron chi connectivity index (χ4n) is 1.54. The van der Waals surface area contributed by atoms with Crippen LogP contribution in [0.1, 0.15) is 25.5 Å². The fourth-order valence-corrected chi connectivity index (χ4v) is 2.40. The van der Waals surface area contributed by atoms with E-state index in [9.17, 15) is 8.42 Å². The standard InChI is InChI=1S/C12H17N5O3S/c1-3-9-5-14-11(20-9)8-17-21(18,19)10-6-15-12(13-4-2)16-7-10/h5-7,17H,3-4,8H2,1-2H3,(H,13,15,16). The van der Waals surface area contributed by atoms with Crippen LogP contribution in [-0.2, 0) is 23.0 Å². The van der Waals surface area contributed by atoms with Crippen molar-refractivity contribution >= 4 is 16.0 Å². The molecule has 0 aliphatic rings. The summed E-state index contributed by atoms with van der Waals surface area (Å²) in [5.74, 6) is 1.42. The maximum absolute atomic E-state index is 12.1. The highest BCUT2D eigenvalue weighted by atomic mass is 32.2. The first kappa shape index (κ1) is 15.4. The van der Waals surface area contributed by atoms with Crippen molar-refractivity contribution in [2.24, 2.45) is 0 Å². The van der Waals surface area contributed by atoms with Crippen LogP contribution in [0.4, 0.5) is 5.95 Å². The smallest absolute Gasteiger partial charge is 0.244 e. The van der Waals surface area contributed by atoms with Gasteiger partial charge in [-0.3, -0.25) is 0 Å². The lowest BCUT2D eigenvalue weighted by atomic mass is 10.4. The van der Waals surface area contributed by atoms with Crippen molar-refractivity contribution in [3.8, 4) is 0 Å². The molecule has 2 aromatic heterocycles. The molecule has 114 valence electrons. The Balaban J connectivity index is 2.03. The summed E-state index contributed by atoms with van der Waals surface area (Å²) in [5, 5.41) is 2.89. The van der Waals surface area contributed by atoms with Gasteiger partial charge in [0.15, 0.2) is 0 Å². The van der Waals surface area contributed by atoms with Gasteiger partial charge in [-0.25, -0.2) is 28.1 Å². The van der Waals surface area contributed by atoms with Crippen molar-refractivity contribution in [1.82, 2.24) is 19.7 Å². The van der Waals surface area contributed by atoms with Crippen LogP contribution in [0.5, 0.6) is 0 Å². The third kappa shape index (κ3) is 3.99. The number of oxazole rings is 1. The van der Waals surface area contributed by atoms with Crippen LogP contribution in [0.25, 0.3) is 0 Å². The molecule has 0 aromatic carbocycles. The minimum Gasteiger partial charge on any atom is -0.444 e. The van der Waals surface area contributed by atoms with Crippen LogP contribution in [0, 0.1) is 0 Å². The zero-order valence-electron chi connectivity index (χ0n) is 11.8. The molecule has 0 fully saturated rings. The topological polar surface area (TPSA) is 110 Å². The van der Waals surface area contributed by atoms with Gasteiger partial charge in [0.25, 0.3) is 0 Å². The number of anilines is 1. The second-order valence-corrected chi connectivity index (χ2v) is 5.94. The van der Waals surface area contributed by atoms with Crippen molar-refractivity contribution < 1.29 is 12.8 Å². The van der Waals surface area contributed by atoms with Gasteiger partial charge in [-0.2, -0.15) is 0 Å². The zero-order chi connectivity index (χ0) is 15.3. The van der Waals surface area contributed by atoms with Gasteiger partial charge in [0.1, 0.15) is 10.7 Å². The van der Waals surface area contributed by atoms with Crippen LogP contribution >= 0.6 is 0 Å². The Labute approximate surface area is 123 Å². The Morgan fingerprint density at radius 3 is 2.43 bits per heavy atom. The molecule has 9 heteroatoms. The van der Waals surface area contributed by atoms with E-state index in [4.69, 9.17) is 4.42 Å². The van der Waals surface area contributed by atoms with E-state index in [-0.39, 0.29) is 11.4 Å². The highest BCUT2D eigenvalue weighted by Crippen LogP contribution is 2.09. The number of hydrogen-bond donors (Lipinski definition) is 2. The molecule has 0 bridgehead atoms. The largest absolute Gasteiger partial charge is 0.444 e. The first-order valence-corrected chi connectivity index (χ1v) is 8.02. The van der Waals surface area contributed by atoms with E-state index in [0.29, 0.717) is 30.6 Å². The third-order valence-corrected chi connectivity index (χ3v) is 3.99. The maximum Gasteiger partial charge on any atom is 0.244 e. The van der Waals surface area contributed by atoms with Crippen LogP contribution < -0.4 is 10.0 Å². The molecule has 0 aliphatic carbocycles. The highest BCUT2D eigenvalue weighted by Gasteiger charge is 2.16. The molecule has 8 nitrogen and oxygen atoms in total. The van der Waals surface area contributed by atoms with Crippen LogP contribution in [0.15, 0.2) is 27.9 Å². The number of aromatic nitrogens is 3. The Kier molecular flexibility index (Phi) is 4.86. The van der Waals surface area contributed by atoms with Gasteiger partial charge in [0.05, 0.1) is 25.1 Å². The molecule has 0 radical (unpaired) electrons. The van der Waals surface area contributed by atoms with Crippen LogP contribution in [0.2, 0.25) is 0 Å². The monoisotopic (exact) mass is 311 g/mol. The average molecular weight is 311 g/mol. The van der Waals surface area contributed by atoms with Crippen LogP contribution in [0.3, 0.4) is 0 Å². The highest BCUT2D eigenvalue weighted by molar-refractivity contribution is 7.89. The van der Waals surface area contributed by atoms with E-state index in [1.165, 1.54) is 12.4 Å². The minimum absolute atomic E-state index is 0.00794. The molecule has 0 spiro atoms. The Bertz CT molecular complexity index is 681. The average Bonchev–Trinajstić information content (AvgIpc) is 2.94. The van der Waals surface area contributed by atoms with Gasteiger partial charge in [-0.1, -0.05) is 6.92 Å². The number of rotatable bonds is 7. The number of aryl methyl sites for hydroxylation is 1. The fraction of sp³-hybridized carbons (Fsp3) is 0.417. The molecule has 0 amide bonds. The summed E-state index contributed by atoms with van der Waals surface area (Å²) in [7, 11) is -3.69. The van der Waals surface area contributed by atoms with E-state index >= 15 is 0 Å². The second-order valence-electron chi connectivity index (χ2n) is 4.17. The van der Waals surface area contributed by atoms with Gasteiger partial charge < -0.3 is 9.73 Å². The zero-order valence-corrected chi connectivity index (χ0v) is 12.6. The van der Waals surface area contributed by atoms with Gasteiger partial charge in [-0.05, 0) is 6.92 Å². The van der Waals surface area contributed by atoms with Gasteiger partial charge in [0, 0.05) is 13.0 Å². The van der Waals surface area contributed by atoms with Crippen molar-refractivity contribution in [2.75, 3.05) is 11.9 Å². The summed E-state index contributed by atoms with van der Waals surface area (Å²) in [4.78, 5) is 11.8. The van der Waals surface area contributed by atoms with E-state index in [2.05, 4.69) is 25.0 Å². The third-order valence-electron chi connectivity index (χ3n) is 2.64. The molecule has 2 rings (SSSR count). The molecule has 0 atom stereocenters.